The monoisotopic (exact) mass is 403 g/mol. The summed E-state index contributed by atoms with van der Waals surface area (Å²) in [5.41, 5.74) is 2.26. The van der Waals surface area contributed by atoms with Crippen molar-refractivity contribution in [1.29, 1.82) is 0 Å². The number of aryl methyl sites for hydroxylation is 1. The highest BCUT2D eigenvalue weighted by atomic mass is 32.1. The molecule has 0 radical (unpaired) electrons. The Balaban J connectivity index is 1.57. The van der Waals surface area contributed by atoms with Gasteiger partial charge in [0.25, 0.3) is 5.91 Å². The maximum Gasteiger partial charge on any atom is 0.258 e. The molecule has 0 aliphatic carbocycles. The molecule has 28 heavy (non-hydrogen) atoms. The van der Waals surface area contributed by atoms with E-state index in [4.69, 9.17) is 9.47 Å². The Morgan fingerprint density at radius 1 is 1.29 bits per heavy atom. The van der Waals surface area contributed by atoms with Crippen LogP contribution in [-0.2, 0) is 9.53 Å². The Bertz CT molecular complexity index is 755. The van der Waals surface area contributed by atoms with E-state index in [0.717, 1.165) is 43.2 Å². The molecule has 2 N–H and O–H groups in total. The molecule has 1 aliphatic rings. The first kappa shape index (κ1) is 20.8. The van der Waals surface area contributed by atoms with Crippen molar-refractivity contribution in [1.82, 2.24) is 5.32 Å². The van der Waals surface area contributed by atoms with Gasteiger partial charge in [-0.15, -0.1) is 11.3 Å². The molecule has 0 spiro atoms. The summed E-state index contributed by atoms with van der Waals surface area (Å²) in [5.74, 6) is 1.08. The smallest absolute Gasteiger partial charge is 0.258 e. The molecule has 1 aromatic heterocycles. The van der Waals surface area contributed by atoms with Crippen LogP contribution in [0.5, 0.6) is 5.75 Å². The Kier molecular flexibility index (Phi) is 7.48. The number of hydrogen-bond acceptors (Lipinski definition) is 4. The fourth-order valence-corrected chi connectivity index (χ4v) is 4.46. The van der Waals surface area contributed by atoms with Crippen molar-refractivity contribution < 1.29 is 19.2 Å². The van der Waals surface area contributed by atoms with Gasteiger partial charge >= 0.3 is 0 Å². The average molecular weight is 404 g/mol. The van der Waals surface area contributed by atoms with Gasteiger partial charge in [-0.1, -0.05) is 32.0 Å². The summed E-state index contributed by atoms with van der Waals surface area (Å²) in [5, 5.41) is 5.18. The van der Waals surface area contributed by atoms with Crippen molar-refractivity contribution in [2.45, 2.75) is 32.7 Å². The summed E-state index contributed by atoms with van der Waals surface area (Å²) in [4.78, 5) is 15.2. The molecule has 3 rings (SSSR count). The molecule has 1 aromatic carbocycles. The molecule has 1 fully saturated rings. The van der Waals surface area contributed by atoms with Crippen LogP contribution in [0.2, 0.25) is 0 Å². The van der Waals surface area contributed by atoms with E-state index in [0.29, 0.717) is 12.5 Å². The Morgan fingerprint density at radius 2 is 2.07 bits per heavy atom. The summed E-state index contributed by atoms with van der Waals surface area (Å²) in [6, 6.07) is 10.7. The van der Waals surface area contributed by atoms with E-state index in [2.05, 4.69) is 48.8 Å². The van der Waals surface area contributed by atoms with Gasteiger partial charge in [0.15, 0.2) is 6.61 Å². The fourth-order valence-electron chi connectivity index (χ4n) is 3.57. The van der Waals surface area contributed by atoms with Crippen LogP contribution in [-0.4, -0.2) is 45.4 Å². The van der Waals surface area contributed by atoms with Gasteiger partial charge < -0.3 is 19.7 Å². The highest BCUT2D eigenvalue weighted by Crippen LogP contribution is 2.27. The van der Waals surface area contributed by atoms with Crippen LogP contribution in [0.25, 0.3) is 0 Å². The highest BCUT2D eigenvalue weighted by Gasteiger charge is 2.27. The number of ether oxygens (including phenoxy) is 2. The first-order valence-corrected chi connectivity index (χ1v) is 10.9. The number of carbonyl (C=O) groups is 1. The lowest BCUT2D eigenvalue weighted by Gasteiger charge is -2.31. The second-order valence-corrected chi connectivity index (χ2v) is 8.61. The van der Waals surface area contributed by atoms with Crippen molar-refractivity contribution >= 4 is 17.2 Å². The molecule has 0 saturated carbocycles. The predicted molar refractivity (Wildman–Crippen MR) is 112 cm³/mol. The Labute approximate surface area is 171 Å². The normalized spacial score (nSPS) is 16.1. The SMILES string of the molecule is Cc1ccc(C(C)C)c(OCC(=O)NC[C@@H](c2cccs2)[NH+]2CCOCC2)c1. The van der Waals surface area contributed by atoms with Crippen LogP contribution in [0.15, 0.2) is 35.7 Å². The number of morpholine rings is 1. The van der Waals surface area contributed by atoms with Gasteiger partial charge in [0.05, 0.1) is 24.6 Å². The van der Waals surface area contributed by atoms with Gasteiger partial charge in [0.2, 0.25) is 0 Å². The summed E-state index contributed by atoms with van der Waals surface area (Å²) in [6.45, 7) is 10.4. The molecular weight excluding hydrogens is 372 g/mol. The van der Waals surface area contributed by atoms with E-state index >= 15 is 0 Å². The number of rotatable bonds is 8. The van der Waals surface area contributed by atoms with Gasteiger partial charge in [0, 0.05) is 0 Å². The second kappa shape index (κ2) is 10.0. The van der Waals surface area contributed by atoms with Gasteiger partial charge in [-0.2, -0.15) is 0 Å². The zero-order valence-electron chi connectivity index (χ0n) is 17.0. The van der Waals surface area contributed by atoms with Crippen LogP contribution < -0.4 is 15.0 Å². The number of benzene rings is 1. The summed E-state index contributed by atoms with van der Waals surface area (Å²) in [7, 11) is 0. The van der Waals surface area contributed by atoms with Crippen molar-refractivity contribution in [3.63, 3.8) is 0 Å². The molecule has 1 saturated heterocycles. The standard InChI is InChI=1S/C22H30N2O3S/c1-16(2)18-7-6-17(3)13-20(18)27-15-22(25)23-14-19(21-5-4-12-28-21)24-8-10-26-11-9-24/h4-7,12-13,16,19H,8-11,14-15H2,1-3H3,(H,23,25)/p+1/t19-/m0/s1. The molecule has 1 atom stereocenters. The number of nitrogens with one attached hydrogen (secondary N) is 2. The molecular formula is C22H31N2O3S+. The van der Waals surface area contributed by atoms with E-state index in [-0.39, 0.29) is 18.6 Å². The molecule has 5 nitrogen and oxygen atoms in total. The van der Waals surface area contributed by atoms with E-state index < -0.39 is 0 Å². The number of amides is 1. The number of quaternary nitrogens is 1. The van der Waals surface area contributed by atoms with Crippen LogP contribution in [0.1, 0.15) is 41.8 Å². The minimum atomic E-state index is -0.0783. The zero-order chi connectivity index (χ0) is 19.9. The van der Waals surface area contributed by atoms with Crippen LogP contribution >= 0.6 is 11.3 Å². The average Bonchev–Trinajstić information content (AvgIpc) is 3.21. The quantitative estimate of drug-likeness (QED) is 0.711. The van der Waals surface area contributed by atoms with E-state index in [1.165, 1.54) is 9.78 Å². The summed E-state index contributed by atoms with van der Waals surface area (Å²) in [6.07, 6.45) is 0. The molecule has 2 aromatic rings. The van der Waals surface area contributed by atoms with Crippen molar-refractivity contribution in [2.75, 3.05) is 39.5 Å². The molecule has 152 valence electrons. The molecule has 0 unspecified atom stereocenters. The molecule has 6 heteroatoms. The second-order valence-electron chi connectivity index (χ2n) is 7.63. The topological polar surface area (TPSA) is 52.0 Å². The third-order valence-corrected chi connectivity index (χ3v) is 6.15. The first-order valence-electron chi connectivity index (χ1n) is 10.0. The molecule has 2 heterocycles. The predicted octanol–water partition coefficient (Wildman–Crippen LogP) is 2.33. The lowest BCUT2D eigenvalue weighted by molar-refractivity contribution is -0.937. The molecule has 0 bridgehead atoms. The molecule has 1 aliphatic heterocycles. The van der Waals surface area contributed by atoms with Crippen molar-refractivity contribution in [2.24, 2.45) is 0 Å². The van der Waals surface area contributed by atoms with Gasteiger partial charge in [-0.3, -0.25) is 4.79 Å². The number of thiophene rings is 1. The van der Waals surface area contributed by atoms with Gasteiger partial charge in [-0.25, -0.2) is 0 Å². The van der Waals surface area contributed by atoms with Gasteiger partial charge in [-0.05, 0) is 41.5 Å². The fraction of sp³-hybridized carbons (Fsp3) is 0.500. The Hall–Kier alpha value is -1.89. The van der Waals surface area contributed by atoms with Crippen LogP contribution in [0.4, 0.5) is 0 Å². The lowest BCUT2D eigenvalue weighted by atomic mass is 10.0. The van der Waals surface area contributed by atoms with E-state index in [1.54, 1.807) is 11.3 Å². The zero-order valence-corrected chi connectivity index (χ0v) is 17.8. The van der Waals surface area contributed by atoms with Crippen molar-refractivity contribution in [3.05, 3.63) is 51.7 Å². The van der Waals surface area contributed by atoms with E-state index in [9.17, 15) is 4.79 Å². The minimum absolute atomic E-state index is 0.0405. The third-order valence-electron chi connectivity index (χ3n) is 5.17. The highest BCUT2D eigenvalue weighted by molar-refractivity contribution is 7.10. The maximum atomic E-state index is 12.5. The first-order chi connectivity index (χ1) is 13.5. The number of carbonyl (C=O) groups excluding carboxylic acids is 1. The summed E-state index contributed by atoms with van der Waals surface area (Å²) < 4.78 is 11.4. The maximum absolute atomic E-state index is 12.5. The number of hydrogen-bond donors (Lipinski definition) is 2. The molecule has 1 amide bonds. The largest absolute Gasteiger partial charge is 0.483 e. The third kappa shape index (κ3) is 5.56. The van der Waals surface area contributed by atoms with Crippen molar-refractivity contribution in [3.8, 4) is 5.75 Å². The van der Waals surface area contributed by atoms with Crippen LogP contribution in [0.3, 0.4) is 0 Å². The van der Waals surface area contributed by atoms with E-state index in [1.807, 2.05) is 13.0 Å². The Morgan fingerprint density at radius 3 is 2.75 bits per heavy atom. The summed E-state index contributed by atoms with van der Waals surface area (Å²) >= 11 is 1.75. The van der Waals surface area contributed by atoms with Crippen LogP contribution in [0, 0.1) is 6.92 Å². The van der Waals surface area contributed by atoms with Gasteiger partial charge in [0.1, 0.15) is 24.9 Å². The minimum Gasteiger partial charge on any atom is -0.483 e. The lowest BCUT2D eigenvalue weighted by Crippen LogP contribution is -3.15.